The summed E-state index contributed by atoms with van der Waals surface area (Å²) in [5.74, 6) is 0. The fourth-order valence-corrected chi connectivity index (χ4v) is 0.647. The Hall–Kier alpha value is -0.220. The highest BCUT2D eigenvalue weighted by Gasteiger charge is 2.36. The number of rotatable bonds is 3. The van der Waals surface area contributed by atoms with Gasteiger partial charge in [0.2, 0.25) is 0 Å². The van der Waals surface area contributed by atoms with E-state index in [9.17, 15) is 9.13 Å². The fraction of sp³-hybridized carbons (Fsp3) is 0. The zero-order valence-corrected chi connectivity index (χ0v) is 6.62. The van der Waals surface area contributed by atoms with Gasteiger partial charge in [-0.25, -0.2) is 5.26 Å². The molecule has 0 aliphatic rings. The third kappa shape index (κ3) is 10.7. The van der Waals surface area contributed by atoms with Gasteiger partial charge in [0.15, 0.2) is 4.31 Å². The maximum atomic E-state index is 9.73. The zero-order chi connectivity index (χ0) is 8.57. The van der Waals surface area contributed by atoms with Crippen LogP contribution in [-0.4, -0.2) is 10.2 Å². The minimum Gasteiger partial charge on any atom is -0.202 e. The average Bonchev–Trinajstić information content (AvgIpc) is 1.91. The van der Waals surface area contributed by atoms with Crippen LogP contribution in [0.2, 0.25) is 0 Å². The van der Waals surface area contributed by atoms with Crippen LogP contribution >= 0.6 is 16.5 Å². The zero-order valence-electron chi connectivity index (χ0n) is 4.84. The summed E-state index contributed by atoms with van der Waals surface area (Å²) < 4.78 is 25.8. The largest absolute Gasteiger partial charge is 0.778 e. The molecule has 0 bridgehead atoms. The summed E-state index contributed by atoms with van der Waals surface area (Å²) in [5.41, 5.74) is 0. The second-order valence-electron chi connectivity index (χ2n) is 0.625. The van der Waals surface area contributed by atoms with Gasteiger partial charge in [-0.1, -0.05) is 0 Å². The van der Waals surface area contributed by atoms with Crippen LogP contribution in [0.1, 0.15) is 0 Å². The quantitative estimate of drug-likeness (QED) is 0.302. The predicted molar refractivity (Wildman–Crippen MR) is 33.5 cm³/mol. The molecule has 0 rings (SSSR count). The first-order valence-corrected chi connectivity index (χ1v) is 4.02. The summed E-state index contributed by atoms with van der Waals surface area (Å²) in [5, 5.41) is 7.44. The Balaban J connectivity index is 0. The Morgan fingerprint density at radius 2 is 1.70 bits per heavy atom. The molecule has 2 unspecified atom stereocenters. The summed E-state index contributed by atoms with van der Waals surface area (Å²) in [6.45, 7) is 6.00. The Morgan fingerprint density at radius 1 is 1.30 bits per heavy atom. The molecule has 0 amide bonds. The maximum absolute atomic E-state index is 9.73. The van der Waals surface area contributed by atoms with Crippen molar-refractivity contribution >= 4 is 16.5 Å². The highest BCUT2D eigenvalue weighted by Crippen LogP contribution is 2.34. The monoisotopic (exact) mass is 188 g/mol. The van der Waals surface area contributed by atoms with E-state index in [1.807, 2.05) is 0 Å². The van der Waals surface area contributed by atoms with Crippen molar-refractivity contribution in [1.82, 2.24) is 0 Å². The lowest BCUT2D eigenvalue weighted by atomic mass is 11.3. The van der Waals surface area contributed by atoms with Crippen molar-refractivity contribution in [2.75, 3.05) is 0 Å². The fourth-order valence-electron chi connectivity index (χ4n) is 0.0719. The second-order valence-corrected chi connectivity index (χ2v) is 2.36. The standard InChI is InChI=1S/C2H4.O6P2/c1-2;1-5-8(4)6-7(2)3/h1-2H2;/p+2. The molecule has 0 aliphatic heterocycles. The molecule has 0 spiro atoms. The van der Waals surface area contributed by atoms with Gasteiger partial charge < -0.3 is 0 Å². The SMILES string of the molecule is C=C.O=[P+](O)O[P+](=O)OO. The van der Waals surface area contributed by atoms with Crippen LogP contribution in [-0.2, 0) is 18.1 Å². The van der Waals surface area contributed by atoms with Crippen molar-refractivity contribution in [3.05, 3.63) is 13.2 Å². The van der Waals surface area contributed by atoms with Crippen molar-refractivity contribution in [3.8, 4) is 0 Å². The second kappa shape index (κ2) is 8.78. The molecule has 0 aromatic rings. The minimum atomic E-state index is -2.96. The Labute approximate surface area is 58.9 Å². The van der Waals surface area contributed by atoms with Gasteiger partial charge in [-0.05, 0) is 0 Å². The smallest absolute Gasteiger partial charge is 0.202 e. The molecule has 0 saturated heterocycles. The molecule has 0 radical (unpaired) electrons. The molecule has 10 heavy (non-hydrogen) atoms. The summed E-state index contributed by atoms with van der Waals surface area (Å²) in [7, 11) is -5.81. The van der Waals surface area contributed by atoms with Crippen LogP contribution in [0.3, 0.4) is 0 Å². The van der Waals surface area contributed by atoms with Gasteiger partial charge in [0.25, 0.3) is 0 Å². The predicted octanol–water partition coefficient (Wildman–Crippen LogP) is 1.60. The molecule has 0 fully saturated rings. The van der Waals surface area contributed by atoms with Gasteiger partial charge in [-0.2, -0.15) is 0 Å². The van der Waals surface area contributed by atoms with Gasteiger partial charge in [0.1, 0.15) is 0 Å². The van der Waals surface area contributed by atoms with E-state index in [1.165, 1.54) is 0 Å². The van der Waals surface area contributed by atoms with Crippen LogP contribution in [0.5, 0.6) is 0 Å². The summed E-state index contributed by atoms with van der Waals surface area (Å²) in [4.78, 5) is 7.77. The summed E-state index contributed by atoms with van der Waals surface area (Å²) >= 11 is 0. The van der Waals surface area contributed by atoms with Crippen LogP contribution in [0.4, 0.5) is 0 Å². The van der Waals surface area contributed by atoms with E-state index in [-0.39, 0.29) is 0 Å². The molecule has 6 nitrogen and oxygen atoms in total. The van der Waals surface area contributed by atoms with Crippen LogP contribution in [0.15, 0.2) is 13.2 Å². The molecule has 2 atom stereocenters. The van der Waals surface area contributed by atoms with E-state index in [4.69, 9.17) is 10.2 Å². The van der Waals surface area contributed by atoms with Gasteiger partial charge in [-0.15, -0.1) is 18.1 Å². The van der Waals surface area contributed by atoms with E-state index in [0.717, 1.165) is 0 Å². The highest BCUT2D eigenvalue weighted by atomic mass is 31.2. The molecule has 58 valence electrons. The van der Waals surface area contributed by atoms with E-state index in [0.29, 0.717) is 0 Å². The molecule has 2 N–H and O–H groups in total. The first-order valence-electron chi connectivity index (χ1n) is 1.80. The third-order valence-electron chi connectivity index (χ3n) is 0.203. The molecule has 8 heteroatoms. The normalized spacial score (nSPS) is 11.0. The van der Waals surface area contributed by atoms with Crippen LogP contribution in [0, 0.1) is 0 Å². The summed E-state index contributed by atoms with van der Waals surface area (Å²) in [6, 6.07) is 0. The van der Waals surface area contributed by atoms with Crippen molar-refractivity contribution in [1.29, 1.82) is 0 Å². The van der Waals surface area contributed by atoms with Crippen molar-refractivity contribution in [2.45, 2.75) is 0 Å². The van der Waals surface area contributed by atoms with Gasteiger partial charge in [-0.3, -0.25) is 0 Å². The molecular weight excluding hydrogens is 182 g/mol. The van der Waals surface area contributed by atoms with Crippen molar-refractivity contribution < 1.29 is 28.3 Å². The first kappa shape index (κ1) is 12.5. The summed E-state index contributed by atoms with van der Waals surface area (Å²) in [6.07, 6.45) is 0. The molecular formula is C2H6O6P2+2. The lowest BCUT2D eigenvalue weighted by Gasteiger charge is -1.59. The lowest BCUT2D eigenvalue weighted by Crippen LogP contribution is -1.67. The van der Waals surface area contributed by atoms with Crippen molar-refractivity contribution in [2.24, 2.45) is 0 Å². The Morgan fingerprint density at radius 3 is 1.80 bits per heavy atom. The average molecular weight is 188 g/mol. The highest BCUT2D eigenvalue weighted by molar-refractivity contribution is 7.46. The number of hydrogen-bond acceptors (Lipinski definition) is 5. The van der Waals surface area contributed by atoms with Crippen LogP contribution < -0.4 is 0 Å². The van der Waals surface area contributed by atoms with Gasteiger partial charge in [0, 0.05) is 9.13 Å². The molecule has 0 aromatic carbocycles. The minimum absolute atomic E-state index is 2.85. The van der Waals surface area contributed by atoms with Gasteiger partial charge in [0.05, 0.1) is 4.67 Å². The first-order chi connectivity index (χ1) is 4.66. The maximum Gasteiger partial charge on any atom is 0.778 e. The van der Waals surface area contributed by atoms with Crippen molar-refractivity contribution in [3.63, 3.8) is 0 Å². The van der Waals surface area contributed by atoms with E-state index in [2.05, 4.69) is 22.1 Å². The van der Waals surface area contributed by atoms with E-state index < -0.39 is 16.5 Å². The number of hydrogen-bond donors (Lipinski definition) is 2. The third-order valence-corrected chi connectivity index (χ3v) is 1.43. The van der Waals surface area contributed by atoms with Crippen LogP contribution in [0.25, 0.3) is 0 Å². The Bertz CT molecular complexity index is 123. The molecule has 0 saturated carbocycles. The molecule has 0 heterocycles. The topological polar surface area (TPSA) is 93.1 Å². The van der Waals surface area contributed by atoms with Gasteiger partial charge >= 0.3 is 16.5 Å². The molecule has 0 aliphatic carbocycles. The molecule has 0 aromatic heterocycles. The van der Waals surface area contributed by atoms with E-state index >= 15 is 0 Å². The lowest BCUT2D eigenvalue weighted by molar-refractivity contribution is -0.137. The Kier molecular flexibility index (Phi) is 10.9. The van der Waals surface area contributed by atoms with E-state index in [1.54, 1.807) is 0 Å².